The number of nitrogens with zero attached hydrogens (tertiary/aromatic N) is 2. The first-order valence-corrected chi connectivity index (χ1v) is 10.5. The Morgan fingerprint density at radius 1 is 1.06 bits per heavy atom. The number of aromatic nitrogens is 1. The van der Waals surface area contributed by atoms with E-state index in [1.165, 1.54) is 6.07 Å². The van der Waals surface area contributed by atoms with Gasteiger partial charge in [0.05, 0.1) is 17.3 Å². The van der Waals surface area contributed by atoms with E-state index < -0.39 is 5.97 Å². The third kappa shape index (κ3) is 6.22. The molecule has 0 radical (unpaired) electrons. The van der Waals surface area contributed by atoms with E-state index in [1.54, 1.807) is 6.07 Å². The maximum atomic E-state index is 11.6. The average Bonchev–Trinajstić information content (AvgIpc) is 2.72. The van der Waals surface area contributed by atoms with Gasteiger partial charge in [0.2, 0.25) is 0 Å². The second kappa shape index (κ2) is 11.3. The molecule has 170 valence electrons. The summed E-state index contributed by atoms with van der Waals surface area (Å²) in [6.07, 6.45) is 0.869. The molecule has 0 fully saturated rings. The highest BCUT2D eigenvalue weighted by Gasteiger charge is 2.16. The number of halogens is 2. The van der Waals surface area contributed by atoms with Crippen LogP contribution < -0.4 is 4.74 Å². The quantitative estimate of drug-likeness (QED) is 0.397. The van der Waals surface area contributed by atoms with Crippen LogP contribution in [0.15, 0.2) is 48.5 Å². The Labute approximate surface area is 200 Å². The van der Waals surface area contributed by atoms with Gasteiger partial charge in [-0.05, 0) is 69.8 Å². The van der Waals surface area contributed by atoms with Crippen LogP contribution in [-0.2, 0) is 0 Å². The van der Waals surface area contributed by atoms with Gasteiger partial charge in [0.25, 0.3) is 0 Å². The third-order valence-electron chi connectivity index (χ3n) is 5.00. The molecule has 32 heavy (non-hydrogen) atoms. The van der Waals surface area contributed by atoms with Gasteiger partial charge in [-0.2, -0.15) is 0 Å². The molecule has 0 aliphatic rings. The lowest BCUT2D eigenvalue weighted by molar-refractivity contribution is 0.0690. The Kier molecular flexibility index (Phi) is 9.08. The summed E-state index contributed by atoms with van der Waals surface area (Å²) < 4.78 is 5.91. The summed E-state index contributed by atoms with van der Waals surface area (Å²) in [6, 6.07) is 15.0. The lowest BCUT2D eigenvalue weighted by atomic mass is 9.94. The molecule has 0 aliphatic heterocycles. The molecule has 1 aromatic heterocycles. The van der Waals surface area contributed by atoms with Gasteiger partial charge < -0.3 is 14.7 Å². The molecular weight excluding hydrogens is 447 g/mol. The predicted octanol–water partition coefficient (Wildman–Crippen LogP) is 6.14. The minimum Gasteiger partial charge on any atom is -0.492 e. The molecule has 0 bridgehead atoms. The van der Waals surface area contributed by atoms with E-state index in [-0.39, 0.29) is 18.1 Å². The van der Waals surface area contributed by atoms with Crippen molar-refractivity contribution in [2.24, 2.45) is 0 Å². The molecule has 0 amide bonds. The van der Waals surface area contributed by atoms with E-state index in [0.29, 0.717) is 23.1 Å². The highest BCUT2D eigenvalue weighted by atomic mass is 35.5. The molecule has 0 aliphatic carbocycles. The highest BCUT2D eigenvalue weighted by Crippen LogP contribution is 2.36. The maximum absolute atomic E-state index is 11.6. The first-order chi connectivity index (χ1) is 14.8. The van der Waals surface area contributed by atoms with Gasteiger partial charge in [-0.25, -0.2) is 9.78 Å². The standard InChI is InChI=1S/C25H27ClN2O3.ClH/c1-16-6-8-19(17(2)14-16)20-9-11-22(25(29)30)27-24(20)18-7-10-21(26)23(15-18)31-13-5-12-28(3)4;/h6-11,14-15H,5,12-13H2,1-4H3,(H,29,30);1H. The van der Waals surface area contributed by atoms with Crippen LogP contribution in [-0.4, -0.2) is 48.2 Å². The molecule has 0 saturated carbocycles. The van der Waals surface area contributed by atoms with Crippen LogP contribution in [0.4, 0.5) is 0 Å². The van der Waals surface area contributed by atoms with E-state index in [4.69, 9.17) is 16.3 Å². The van der Waals surface area contributed by atoms with Crippen LogP contribution in [0.5, 0.6) is 5.75 Å². The van der Waals surface area contributed by atoms with E-state index in [9.17, 15) is 9.90 Å². The summed E-state index contributed by atoms with van der Waals surface area (Å²) in [7, 11) is 4.03. The first-order valence-electron chi connectivity index (χ1n) is 10.2. The van der Waals surface area contributed by atoms with Crippen LogP contribution >= 0.6 is 24.0 Å². The molecular formula is C25H28Cl2N2O3. The minimum absolute atomic E-state index is 0. The fourth-order valence-corrected chi connectivity index (χ4v) is 3.63. The molecule has 0 unspecified atom stereocenters. The largest absolute Gasteiger partial charge is 0.492 e. The van der Waals surface area contributed by atoms with E-state index >= 15 is 0 Å². The van der Waals surface area contributed by atoms with Crippen molar-refractivity contribution in [3.63, 3.8) is 0 Å². The molecule has 0 spiro atoms. The zero-order valence-corrected chi connectivity index (χ0v) is 20.3. The molecule has 2 aromatic carbocycles. The van der Waals surface area contributed by atoms with Crippen molar-refractivity contribution in [3.05, 3.63) is 70.4 Å². The topological polar surface area (TPSA) is 62.7 Å². The number of hydrogen-bond donors (Lipinski definition) is 1. The summed E-state index contributed by atoms with van der Waals surface area (Å²) in [5.41, 5.74) is 5.47. The van der Waals surface area contributed by atoms with Crippen LogP contribution in [0.2, 0.25) is 5.02 Å². The number of carboxylic acid groups (broad SMARTS) is 1. The number of ether oxygens (including phenoxy) is 1. The fraction of sp³-hybridized carbons (Fsp3) is 0.280. The van der Waals surface area contributed by atoms with Crippen molar-refractivity contribution in [3.8, 4) is 28.1 Å². The molecule has 3 rings (SSSR count). The Morgan fingerprint density at radius 3 is 2.44 bits per heavy atom. The number of aromatic carboxylic acids is 1. The van der Waals surface area contributed by atoms with Gasteiger partial charge in [0.1, 0.15) is 11.4 Å². The van der Waals surface area contributed by atoms with E-state index in [1.807, 2.05) is 58.3 Å². The summed E-state index contributed by atoms with van der Waals surface area (Å²) in [6.45, 7) is 5.53. The Hall–Kier alpha value is -2.60. The number of carboxylic acids is 1. The fourth-order valence-electron chi connectivity index (χ4n) is 3.46. The zero-order valence-electron chi connectivity index (χ0n) is 18.7. The SMILES string of the molecule is Cc1ccc(-c2ccc(C(=O)O)nc2-c2ccc(Cl)c(OCCCN(C)C)c2)c(C)c1.Cl. The summed E-state index contributed by atoms with van der Waals surface area (Å²) in [5, 5.41) is 9.99. The van der Waals surface area contributed by atoms with Crippen LogP contribution in [0, 0.1) is 13.8 Å². The number of hydrogen-bond acceptors (Lipinski definition) is 4. The van der Waals surface area contributed by atoms with Gasteiger partial charge in [-0.15, -0.1) is 12.4 Å². The van der Waals surface area contributed by atoms with Gasteiger partial charge >= 0.3 is 5.97 Å². The summed E-state index contributed by atoms with van der Waals surface area (Å²) >= 11 is 6.36. The number of aryl methyl sites for hydroxylation is 2. The van der Waals surface area contributed by atoms with Crippen LogP contribution in [0.25, 0.3) is 22.4 Å². The van der Waals surface area contributed by atoms with Crippen molar-refractivity contribution in [2.45, 2.75) is 20.3 Å². The zero-order chi connectivity index (χ0) is 22.5. The lowest BCUT2D eigenvalue weighted by Crippen LogP contribution is -2.15. The van der Waals surface area contributed by atoms with E-state index in [2.05, 4.69) is 16.0 Å². The number of benzene rings is 2. The average molecular weight is 475 g/mol. The Bertz CT molecular complexity index is 1100. The molecule has 5 nitrogen and oxygen atoms in total. The molecule has 1 heterocycles. The molecule has 1 N–H and O–H groups in total. The van der Waals surface area contributed by atoms with Crippen molar-refractivity contribution in [1.29, 1.82) is 0 Å². The van der Waals surface area contributed by atoms with Crippen LogP contribution in [0.1, 0.15) is 28.0 Å². The number of pyridine rings is 1. The van der Waals surface area contributed by atoms with Gasteiger partial charge in [0.15, 0.2) is 0 Å². The van der Waals surface area contributed by atoms with Crippen molar-refractivity contribution in [2.75, 3.05) is 27.2 Å². The smallest absolute Gasteiger partial charge is 0.354 e. The van der Waals surface area contributed by atoms with Gasteiger partial charge in [-0.3, -0.25) is 0 Å². The van der Waals surface area contributed by atoms with E-state index in [0.717, 1.165) is 40.8 Å². The normalized spacial score (nSPS) is 10.7. The minimum atomic E-state index is -1.07. The first kappa shape index (κ1) is 25.7. The van der Waals surface area contributed by atoms with Gasteiger partial charge in [0, 0.05) is 17.7 Å². The highest BCUT2D eigenvalue weighted by molar-refractivity contribution is 6.32. The maximum Gasteiger partial charge on any atom is 0.354 e. The Morgan fingerprint density at radius 2 is 1.78 bits per heavy atom. The second-order valence-electron chi connectivity index (χ2n) is 7.87. The lowest BCUT2D eigenvalue weighted by Gasteiger charge is -2.15. The Balaban J connectivity index is 0.00000363. The molecule has 0 atom stereocenters. The third-order valence-corrected chi connectivity index (χ3v) is 5.31. The predicted molar refractivity (Wildman–Crippen MR) is 132 cm³/mol. The molecule has 3 aromatic rings. The van der Waals surface area contributed by atoms with Crippen molar-refractivity contribution in [1.82, 2.24) is 9.88 Å². The van der Waals surface area contributed by atoms with Gasteiger partial charge in [-0.1, -0.05) is 41.4 Å². The monoisotopic (exact) mass is 474 g/mol. The number of carbonyl (C=O) groups is 1. The number of rotatable bonds is 8. The molecule has 7 heteroatoms. The van der Waals surface area contributed by atoms with Crippen LogP contribution in [0.3, 0.4) is 0 Å². The summed E-state index contributed by atoms with van der Waals surface area (Å²) in [4.78, 5) is 18.1. The van der Waals surface area contributed by atoms with Crippen molar-refractivity contribution < 1.29 is 14.6 Å². The summed E-state index contributed by atoms with van der Waals surface area (Å²) in [5.74, 6) is -0.505. The van der Waals surface area contributed by atoms with Crippen molar-refractivity contribution >= 4 is 30.0 Å². The second-order valence-corrected chi connectivity index (χ2v) is 8.27. The molecule has 0 saturated heterocycles.